The number of nitrogens with one attached hydrogen (secondary N) is 2. The number of amides is 4. The van der Waals surface area contributed by atoms with Crippen LogP contribution in [0.15, 0.2) is 24.3 Å². The van der Waals surface area contributed by atoms with E-state index in [0.717, 1.165) is 17.7 Å². The molecule has 0 unspecified atom stereocenters. The van der Waals surface area contributed by atoms with Crippen LogP contribution in [0, 0.1) is 11.8 Å². The molecule has 30 heavy (non-hydrogen) atoms. The van der Waals surface area contributed by atoms with E-state index in [1.54, 1.807) is 18.2 Å². The number of likely N-dealkylation sites (tertiary alicyclic amines) is 1. The summed E-state index contributed by atoms with van der Waals surface area (Å²) in [4.78, 5) is 62.3. The molecule has 4 amide bonds. The Hall–Kier alpha value is -3.23. The minimum Gasteiger partial charge on any atom is -0.454 e. The number of benzene rings is 1. The molecule has 1 aliphatic carbocycles. The number of anilines is 1. The molecule has 1 aliphatic heterocycles. The highest BCUT2D eigenvalue weighted by molar-refractivity contribution is 6.08. The highest BCUT2D eigenvalue weighted by Crippen LogP contribution is 2.38. The average molecular weight is 415 g/mol. The van der Waals surface area contributed by atoms with E-state index < -0.39 is 24.5 Å². The summed E-state index contributed by atoms with van der Waals surface area (Å²) in [6.45, 7) is 0.858. The molecule has 0 radical (unpaired) electrons. The third-order valence-corrected chi connectivity index (χ3v) is 5.58. The molecule has 3 atom stereocenters. The first-order valence-corrected chi connectivity index (χ1v) is 9.99. The third kappa shape index (κ3) is 4.34. The summed E-state index contributed by atoms with van der Waals surface area (Å²) in [7, 11) is 1.50. The minimum absolute atomic E-state index is 0.299. The molecule has 3 rings (SSSR count). The number of nitrogens with zero attached hydrogens (tertiary/aromatic N) is 1. The van der Waals surface area contributed by atoms with Crippen LogP contribution >= 0.6 is 0 Å². The molecule has 1 aromatic rings. The first-order chi connectivity index (χ1) is 14.3. The molecule has 0 bridgehead atoms. The summed E-state index contributed by atoms with van der Waals surface area (Å²) in [6.07, 6.45) is 3.11. The maximum Gasteiger partial charge on any atom is 0.329 e. The van der Waals surface area contributed by atoms with Gasteiger partial charge in [-0.05, 0) is 38.0 Å². The zero-order valence-electron chi connectivity index (χ0n) is 17.0. The molecule has 2 aliphatic rings. The van der Waals surface area contributed by atoms with Crippen molar-refractivity contribution in [2.24, 2.45) is 11.8 Å². The Morgan fingerprint density at radius 2 is 1.77 bits per heavy atom. The van der Waals surface area contributed by atoms with Crippen molar-refractivity contribution in [3.05, 3.63) is 29.8 Å². The SMILES string of the molecule is CNC(=O)c1cccc(NC(=O)COC(=O)[C@H](C)N2C(=O)[C@@H]3CCCC[C@H]3C2=O)c1. The number of carbonyl (C=O) groups excluding carboxylic acids is 5. The van der Waals surface area contributed by atoms with Crippen molar-refractivity contribution in [2.75, 3.05) is 19.0 Å². The van der Waals surface area contributed by atoms with Gasteiger partial charge in [-0.1, -0.05) is 18.9 Å². The topological polar surface area (TPSA) is 122 Å². The zero-order valence-corrected chi connectivity index (χ0v) is 17.0. The second kappa shape index (κ2) is 9.06. The van der Waals surface area contributed by atoms with Gasteiger partial charge in [-0.2, -0.15) is 0 Å². The maximum absolute atomic E-state index is 12.6. The van der Waals surface area contributed by atoms with Crippen LogP contribution < -0.4 is 10.6 Å². The van der Waals surface area contributed by atoms with E-state index in [4.69, 9.17) is 4.74 Å². The molecular weight excluding hydrogens is 390 g/mol. The van der Waals surface area contributed by atoms with Crippen LogP contribution in [0.3, 0.4) is 0 Å². The van der Waals surface area contributed by atoms with E-state index >= 15 is 0 Å². The number of ether oxygens (including phenoxy) is 1. The Morgan fingerprint density at radius 3 is 2.37 bits per heavy atom. The minimum atomic E-state index is -1.08. The van der Waals surface area contributed by atoms with Gasteiger partial charge in [0, 0.05) is 18.3 Å². The molecule has 9 nitrogen and oxygen atoms in total. The van der Waals surface area contributed by atoms with Crippen LogP contribution in [0.1, 0.15) is 43.0 Å². The number of hydrogen-bond acceptors (Lipinski definition) is 6. The van der Waals surface area contributed by atoms with Crippen molar-refractivity contribution in [3.63, 3.8) is 0 Å². The van der Waals surface area contributed by atoms with Gasteiger partial charge < -0.3 is 15.4 Å². The summed E-state index contributed by atoms with van der Waals surface area (Å²) in [5.74, 6) is -3.07. The van der Waals surface area contributed by atoms with Gasteiger partial charge in [-0.15, -0.1) is 0 Å². The van der Waals surface area contributed by atoms with Gasteiger partial charge in [0.25, 0.3) is 11.8 Å². The van der Waals surface area contributed by atoms with Gasteiger partial charge >= 0.3 is 5.97 Å². The van der Waals surface area contributed by atoms with Crippen molar-refractivity contribution >= 4 is 35.3 Å². The van der Waals surface area contributed by atoms with Crippen molar-refractivity contribution in [2.45, 2.75) is 38.6 Å². The smallest absolute Gasteiger partial charge is 0.329 e. The summed E-state index contributed by atoms with van der Waals surface area (Å²) < 4.78 is 5.02. The lowest BCUT2D eigenvalue weighted by atomic mass is 9.81. The molecular formula is C21H25N3O6. The number of hydrogen-bond donors (Lipinski definition) is 2. The van der Waals surface area contributed by atoms with Gasteiger partial charge in [0.05, 0.1) is 11.8 Å². The molecule has 1 heterocycles. The lowest BCUT2D eigenvalue weighted by Gasteiger charge is -2.21. The quantitative estimate of drug-likeness (QED) is 0.530. The number of fused-ring (bicyclic) bond motifs is 1. The standard InChI is InChI=1S/C21H25N3O6/c1-12(24-19(27)15-8-3-4-9-16(15)20(24)28)21(29)30-11-17(25)23-14-7-5-6-13(10-14)18(26)22-2/h5-7,10,12,15-16H,3-4,8-9,11H2,1-2H3,(H,22,26)(H,23,25)/t12-,15+,16+/m0/s1. The highest BCUT2D eigenvalue weighted by Gasteiger charge is 2.51. The maximum atomic E-state index is 12.6. The Morgan fingerprint density at radius 1 is 1.13 bits per heavy atom. The summed E-state index contributed by atoms with van der Waals surface area (Å²) in [5, 5.41) is 5.03. The molecule has 1 saturated heterocycles. The molecule has 9 heteroatoms. The molecule has 0 aromatic heterocycles. The third-order valence-electron chi connectivity index (χ3n) is 5.58. The van der Waals surface area contributed by atoms with Crippen molar-refractivity contribution < 1.29 is 28.7 Å². The zero-order chi connectivity index (χ0) is 21.8. The van der Waals surface area contributed by atoms with E-state index in [2.05, 4.69) is 10.6 Å². The molecule has 2 N–H and O–H groups in total. The Balaban J connectivity index is 1.55. The monoisotopic (exact) mass is 415 g/mol. The predicted molar refractivity (Wildman–Crippen MR) is 106 cm³/mol. The number of imide groups is 1. The molecule has 0 spiro atoms. The van der Waals surface area contributed by atoms with Crippen LogP contribution in [-0.4, -0.2) is 54.2 Å². The van der Waals surface area contributed by atoms with E-state index in [1.807, 2.05) is 0 Å². The van der Waals surface area contributed by atoms with E-state index in [9.17, 15) is 24.0 Å². The lowest BCUT2D eigenvalue weighted by molar-refractivity contribution is -0.159. The van der Waals surface area contributed by atoms with Crippen molar-refractivity contribution in [1.29, 1.82) is 0 Å². The fourth-order valence-electron chi connectivity index (χ4n) is 4.01. The van der Waals surface area contributed by atoms with Crippen LogP contribution in [0.25, 0.3) is 0 Å². The van der Waals surface area contributed by atoms with Crippen LogP contribution in [-0.2, 0) is 23.9 Å². The first kappa shape index (κ1) is 21.5. The summed E-state index contributed by atoms with van der Waals surface area (Å²) in [5.41, 5.74) is 0.743. The molecule has 1 aromatic carbocycles. The van der Waals surface area contributed by atoms with Crippen molar-refractivity contribution in [1.82, 2.24) is 10.2 Å². The largest absolute Gasteiger partial charge is 0.454 e. The van der Waals surface area contributed by atoms with Gasteiger partial charge in [-0.3, -0.25) is 24.1 Å². The Bertz CT molecular complexity index is 859. The van der Waals surface area contributed by atoms with E-state index in [1.165, 1.54) is 20.0 Å². The van der Waals surface area contributed by atoms with Crippen LogP contribution in [0.2, 0.25) is 0 Å². The average Bonchev–Trinajstić information content (AvgIpc) is 3.01. The van der Waals surface area contributed by atoms with Gasteiger partial charge in [-0.25, -0.2) is 4.79 Å². The molecule has 2 fully saturated rings. The molecule has 1 saturated carbocycles. The van der Waals surface area contributed by atoms with Gasteiger partial charge in [0.2, 0.25) is 11.8 Å². The second-order valence-corrected chi connectivity index (χ2v) is 7.54. The summed E-state index contributed by atoms with van der Waals surface area (Å²) >= 11 is 0. The number of esters is 1. The fourth-order valence-corrected chi connectivity index (χ4v) is 4.01. The second-order valence-electron chi connectivity index (χ2n) is 7.54. The van der Waals surface area contributed by atoms with E-state index in [0.29, 0.717) is 24.1 Å². The lowest BCUT2D eigenvalue weighted by Crippen LogP contribution is -2.45. The van der Waals surface area contributed by atoms with E-state index in [-0.39, 0.29) is 29.6 Å². The van der Waals surface area contributed by atoms with Crippen LogP contribution in [0.5, 0.6) is 0 Å². The van der Waals surface area contributed by atoms with Gasteiger partial charge in [0.15, 0.2) is 6.61 Å². The molecule has 160 valence electrons. The number of carbonyl (C=O) groups is 5. The normalized spacial score (nSPS) is 21.6. The Labute approximate surface area is 174 Å². The Kier molecular flexibility index (Phi) is 6.49. The first-order valence-electron chi connectivity index (χ1n) is 9.99. The van der Waals surface area contributed by atoms with Gasteiger partial charge in [0.1, 0.15) is 6.04 Å². The number of rotatable bonds is 6. The predicted octanol–water partition coefficient (Wildman–Crippen LogP) is 1.09. The van der Waals surface area contributed by atoms with Crippen LogP contribution in [0.4, 0.5) is 5.69 Å². The highest BCUT2D eigenvalue weighted by atomic mass is 16.5. The fraction of sp³-hybridized carbons (Fsp3) is 0.476. The van der Waals surface area contributed by atoms with Crippen molar-refractivity contribution in [3.8, 4) is 0 Å². The summed E-state index contributed by atoms with van der Waals surface area (Å²) in [6, 6.07) is 5.21.